The third-order valence-electron chi connectivity index (χ3n) is 5.98. The lowest BCUT2D eigenvalue weighted by atomic mass is 9.99. The predicted octanol–water partition coefficient (Wildman–Crippen LogP) is 4.45. The Morgan fingerprint density at radius 2 is 1.62 bits per heavy atom. The van der Waals surface area contributed by atoms with Crippen molar-refractivity contribution in [3.8, 4) is 5.75 Å². The van der Waals surface area contributed by atoms with E-state index in [1.165, 1.54) is 11.1 Å². The van der Waals surface area contributed by atoms with E-state index in [1.54, 1.807) is 7.11 Å². The molecule has 1 amide bonds. The first-order chi connectivity index (χ1) is 14.0. The maximum absolute atomic E-state index is 13.3. The Bertz CT molecular complexity index is 775. The van der Waals surface area contributed by atoms with Crippen LogP contribution in [0.15, 0.2) is 48.5 Å². The van der Waals surface area contributed by atoms with Crippen molar-refractivity contribution in [2.45, 2.75) is 58.7 Å². The molecule has 156 valence electrons. The van der Waals surface area contributed by atoms with Gasteiger partial charge >= 0.3 is 0 Å². The molecule has 4 nitrogen and oxygen atoms in total. The summed E-state index contributed by atoms with van der Waals surface area (Å²) in [7, 11) is 1.66. The second-order valence-corrected chi connectivity index (χ2v) is 8.39. The zero-order chi connectivity index (χ0) is 20.8. The summed E-state index contributed by atoms with van der Waals surface area (Å²) in [6.07, 6.45) is 2.51. The zero-order valence-electron chi connectivity index (χ0n) is 18.2. The first kappa shape index (κ1) is 21.4. The number of ether oxygens (including phenoxy) is 1. The van der Waals surface area contributed by atoms with E-state index < -0.39 is 0 Å². The van der Waals surface area contributed by atoms with Crippen molar-refractivity contribution in [3.63, 3.8) is 0 Å². The molecule has 0 spiro atoms. The van der Waals surface area contributed by atoms with Gasteiger partial charge in [-0.25, -0.2) is 0 Å². The lowest BCUT2D eigenvalue weighted by molar-refractivity contribution is -0.134. The van der Waals surface area contributed by atoms with Crippen molar-refractivity contribution in [1.82, 2.24) is 9.80 Å². The van der Waals surface area contributed by atoms with E-state index in [0.29, 0.717) is 25.0 Å². The molecule has 1 aliphatic rings. The Hall–Kier alpha value is -2.33. The molecule has 2 aromatic rings. The van der Waals surface area contributed by atoms with Crippen LogP contribution in [0, 0.1) is 6.92 Å². The minimum absolute atomic E-state index is 0.207. The molecular weight excluding hydrogens is 360 g/mol. The van der Waals surface area contributed by atoms with Crippen molar-refractivity contribution in [3.05, 3.63) is 65.2 Å². The molecular formula is C25H34N2O2. The van der Waals surface area contributed by atoms with Gasteiger partial charge in [-0.3, -0.25) is 4.79 Å². The van der Waals surface area contributed by atoms with Crippen molar-refractivity contribution in [2.24, 2.45) is 0 Å². The highest BCUT2D eigenvalue weighted by Crippen LogP contribution is 2.22. The number of likely N-dealkylation sites (tertiary alicyclic amines) is 1. The molecule has 0 saturated carbocycles. The Morgan fingerprint density at radius 3 is 2.17 bits per heavy atom. The van der Waals surface area contributed by atoms with E-state index in [2.05, 4.69) is 54.8 Å². The van der Waals surface area contributed by atoms with Crippen LogP contribution < -0.4 is 4.74 Å². The van der Waals surface area contributed by atoms with Crippen LogP contribution in [-0.2, 0) is 17.8 Å². The van der Waals surface area contributed by atoms with Crippen LogP contribution in [0.3, 0.4) is 0 Å². The molecule has 0 radical (unpaired) electrons. The number of methoxy groups -OCH3 is 1. The van der Waals surface area contributed by atoms with Crippen LogP contribution in [0.5, 0.6) is 5.75 Å². The van der Waals surface area contributed by atoms with Gasteiger partial charge in [-0.2, -0.15) is 0 Å². The van der Waals surface area contributed by atoms with Gasteiger partial charge in [-0.1, -0.05) is 42.0 Å². The highest BCUT2D eigenvalue weighted by molar-refractivity contribution is 5.79. The summed E-state index contributed by atoms with van der Waals surface area (Å²) in [5, 5.41) is 0. The molecule has 1 aliphatic heterocycles. The lowest BCUT2D eigenvalue weighted by Gasteiger charge is -2.40. The number of carbonyl (C=O) groups excluding carboxylic acids is 1. The molecule has 0 aliphatic carbocycles. The van der Waals surface area contributed by atoms with Gasteiger partial charge in [-0.15, -0.1) is 0 Å². The van der Waals surface area contributed by atoms with Crippen LogP contribution >= 0.6 is 0 Å². The molecule has 0 bridgehead atoms. The quantitative estimate of drug-likeness (QED) is 0.696. The van der Waals surface area contributed by atoms with Crippen LogP contribution in [0.2, 0.25) is 0 Å². The third-order valence-corrected chi connectivity index (χ3v) is 5.98. The summed E-state index contributed by atoms with van der Waals surface area (Å²) >= 11 is 0. The minimum atomic E-state index is 0.207. The molecule has 0 atom stereocenters. The van der Waals surface area contributed by atoms with Gasteiger partial charge in [0.05, 0.1) is 13.5 Å². The number of benzene rings is 2. The van der Waals surface area contributed by atoms with E-state index in [9.17, 15) is 4.79 Å². The highest BCUT2D eigenvalue weighted by atomic mass is 16.5. The Kier molecular flexibility index (Phi) is 7.32. The summed E-state index contributed by atoms with van der Waals surface area (Å²) in [6.45, 7) is 9.39. The number of rotatable bonds is 7. The first-order valence-corrected chi connectivity index (χ1v) is 10.7. The number of amides is 1. The van der Waals surface area contributed by atoms with Gasteiger partial charge in [0.15, 0.2) is 0 Å². The second kappa shape index (κ2) is 9.93. The largest absolute Gasteiger partial charge is 0.497 e. The van der Waals surface area contributed by atoms with Crippen LogP contribution in [0.25, 0.3) is 0 Å². The smallest absolute Gasteiger partial charge is 0.227 e. The van der Waals surface area contributed by atoms with E-state index in [1.807, 2.05) is 24.3 Å². The average molecular weight is 395 g/mol. The van der Waals surface area contributed by atoms with E-state index in [4.69, 9.17) is 4.74 Å². The fourth-order valence-electron chi connectivity index (χ4n) is 4.04. The van der Waals surface area contributed by atoms with Gasteiger partial charge in [0.1, 0.15) is 5.75 Å². The van der Waals surface area contributed by atoms with Crippen LogP contribution in [0.4, 0.5) is 0 Å². The maximum atomic E-state index is 13.3. The monoisotopic (exact) mass is 394 g/mol. The SMILES string of the molecule is COc1ccc(CC(=O)N(Cc2ccc(C)cc2)C2CCN(C(C)C)CC2)cc1. The van der Waals surface area contributed by atoms with Crippen molar-refractivity contribution >= 4 is 5.91 Å². The van der Waals surface area contributed by atoms with E-state index in [0.717, 1.165) is 37.2 Å². The van der Waals surface area contributed by atoms with Gasteiger partial charge in [0.25, 0.3) is 0 Å². The number of piperidine rings is 1. The number of carbonyl (C=O) groups is 1. The topological polar surface area (TPSA) is 32.8 Å². The second-order valence-electron chi connectivity index (χ2n) is 8.39. The fraction of sp³-hybridized carbons (Fsp3) is 0.480. The predicted molar refractivity (Wildman–Crippen MR) is 118 cm³/mol. The summed E-state index contributed by atoms with van der Waals surface area (Å²) in [5.41, 5.74) is 3.48. The molecule has 0 N–H and O–H groups in total. The first-order valence-electron chi connectivity index (χ1n) is 10.7. The molecule has 0 aromatic heterocycles. The third kappa shape index (κ3) is 5.83. The molecule has 1 heterocycles. The van der Waals surface area contributed by atoms with Crippen molar-refractivity contribution < 1.29 is 9.53 Å². The number of nitrogens with zero attached hydrogens (tertiary/aromatic N) is 2. The molecule has 1 fully saturated rings. The Morgan fingerprint density at radius 1 is 1.03 bits per heavy atom. The molecule has 1 saturated heterocycles. The fourth-order valence-corrected chi connectivity index (χ4v) is 4.04. The molecule has 4 heteroatoms. The summed E-state index contributed by atoms with van der Waals surface area (Å²) < 4.78 is 5.23. The van der Waals surface area contributed by atoms with Gasteiger partial charge < -0.3 is 14.5 Å². The average Bonchev–Trinajstić information content (AvgIpc) is 2.74. The van der Waals surface area contributed by atoms with Gasteiger partial charge in [0.2, 0.25) is 5.91 Å². The number of hydrogen-bond acceptors (Lipinski definition) is 3. The van der Waals surface area contributed by atoms with E-state index >= 15 is 0 Å². The molecule has 29 heavy (non-hydrogen) atoms. The highest BCUT2D eigenvalue weighted by Gasteiger charge is 2.28. The van der Waals surface area contributed by atoms with Crippen LogP contribution in [-0.4, -0.2) is 48.0 Å². The van der Waals surface area contributed by atoms with Gasteiger partial charge in [0, 0.05) is 31.7 Å². The normalized spacial score (nSPS) is 15.5. The zero-order valence-corrected chi connectivity index (χ0v) is 18.2. The number of aryl methyl sites for hydroxylation is 1. The van der Waals surface area contributed by atoms with Crippen molar-refractivity contribution in [1.29, 1.82) is 0 Å². The van der Waals surface area contributed by atoms with E-state index in [-0.39, 0.29) is 5.91 Å². The Balaban J connectivity index is 1.73. The summed E-state index contributed by atoms with van der Waals surface area (Å²) in [4.78, 5) is 18.0. The lowest BCUT2D eigenvalue weighted by Crippen LogP contribution is -2.49. The molecule has 3 rings (SSSR count). The summed E-state index contributed by atoms with van der Waals surface area (Å²) in [5.74, 6) is 1.03. The summed E-state index contributed by atoms with van der Waals surface area (Å²) in [6, 6.07) is 17.2. The molecule has 0 unspecified atom stereocenters. The molecule has 2 aromatic carbocycles. The van der Waals surface area contributed by atoms with Crippen molar-refractivity contribution in [2.75, 3.05) is 20.2 Å². The number of hydrogen-bond donors (Lipinski definition) is 0. The maximum Gasteiger partial charge on any atom is 0.227 e. The Labute approximate surface area is 175 Å². The standard InChI is InChI=1S/C25H34N2O2/c1-19(2)26-15-13-23(14-16-26)27(18-22-7-5-20(3)6-8-22)25(28)17-21-9-11-24(29-4)12-10-21/h5-12,19,23H,13-18H2,1-4H3. The van der Waals surface area contributed by atoms with Crippen LogP contribution in [0.1, 0.15) is 43.4 Å². The minimum Gasteiger partial charge on any atom is -0.497 e. The van der Waals surface area contributed by atoms with Gasteiger partial charge in [-0.05, 0) is 56.9 Å².